The van der Waals surface area contributed by atoms with E-state index >= 15 is 0 Å². The van der Waals surface area contributed by atoms with Crippen LogP contribution in [0.5, 0.6) is 0 Å². The molecule has 0 atom stereocenters. The summed E-state index contributed by atoms with van der Waals surface area (Å²) < 4.78 is 0. The molecule has 0 bridgehead atoms. The zero-order valence-electron chi connectivity index (χ0n) is 13.0. The molecule has 2 rings (SSSR count). The number of nitrogens with one attached hydrogen (secondary N) is 2. The Morgan fingerprint density at radius 2 is 2.00 bits per heavy atom. The van der Waals surface area contributed by atoms with Crippen LogP contribution in [0, 0.1) is 0 Å². The van der Waals surface area contributed by atoms with Gasteiger partial charge in [-0.15, -0.1) is 0 Å². The minimum atomic E-state index is 0.158. The minimum Gasteiger partial charge on any atom is -0.372 e. The molecular weight excluding hydrogens is 262 g/mol. The highest BCUT2D eigenvalue weighted by molar-refractivity contribution is 5.76. The molecule has 21 heavy (non-hydrogen) atoms. The van der Waals surface area contributed by atoms with Gasteiger partial charge in [0, 0.05) is 44.3 Å². The van der Waals surface area contributed by atoms with E-state index in [0.29, 0.717) is 12.5 Å². The molecule has 4 nitrogen and oxygen atoms in total. The van der Waals surface area contributed by atoms with Crippen molar-refractivity contribution in [2.45, 2.75) is 38.6 Å². The van der Waals surface area contributed by atoms with E-state index in [2.05, 4.69) is 46.7 Å². The molecule has 2 N–H and O–H groups in total. The molecule has 0 unspecified atom stereocenters. The molecule has 1 aliphatic rings. The van der Waals surface area contributed by atoms with Crippen molar-refractivity contribution >= 4 is 11.6 Å². The maximum absolute atomic E-state index is 11.7. The Bertz CT molecular complexity index is 417. The highest BCUT2D eigenvalue weighted by Gasteiger charge is 2.19. The highest BCUT2D eigenvalue weighted by atomic mass is 16.1. The first kappa shape index (κ1) is 15.8. The smallest absolute Gasteiger partial charge is 0.221 e. The average molecular weight is 289 g/mol. The molecule has 0 aliphatic heterocycles. The van der Waals surface area contributed by atoms with Gasteiger partial charge in [-0.3, -0.25) is 4.79 Å². The molecule has 1 aliphatic carbocycles. The van der Waals surface area contributed by atoms with Gasteiger partial charge in [-0.25, -0.2) is 0 Å². The van der Waals surface area contributed by atoms with E-state index in [1.807, 2.05) is 6.07 Å². The minimum absolute atomic E-state index is 0.158. The third kappa shape index (κ3) is 6.17. The lowest BCUT2D eigenvalue weighted by molar-refractivity contribution is -0.120. The zero-order valence-corrected chi connectivity index (χ0v) is 13.0. The topological polar surface area (TPSA) is 44.4 Å². The molecule has 0 radical (unpaired) electrons. The van der Waals surface area contributed by atoms with Gasteiger partial charge in [-0.1, -0.05) is 18.2 Å². The molecule has 4 heteroatoms. The van der Waals surface area contributed by atoms with Gasteiger partial charge >= 0.3 is 0 Å². The van der Waals surface area contributed by atoms with E-state index in [0.717, 1.165) is 32.6 Å². The van der Waals surface area contributed by atoms with Crippen molar-refractivity contribution < 1.29 is 4.79 Å². The lowest BCUT2D eigenvalue weighted by atomic mass is 10.2. The summed E-state index contributed by atoms with van der Waals surface area (Å²) in [6, 6.07) is 11.1. The van der Waals surface area contributed by atoms with Gasteiger partial charge in [0.25, 0.3) is 0 Å². The summed E-state index contributed by atoms with van der Waals surface area (Å²) >= 11 is 0. The van der Waals surface area contributed by atoms with Gasteiger partial charge in [0.2, 0.25) is 5.91 Å². The van der Waals surface area contributed by atoms with Gasteiger partial charge < -0.3 is 15.5 Å². The SMILES string of the molecule is CCN(CCCNC(=O)CCNC1CC1)c1ccccc1. The maximum Gasteiger partial charge on any atom is 0.221 e. The molecule has 1 aromatic carbocycles. The number of hydrogen-bond donors (Lipinski definition) is 2. The fourth-order valence-electron chi connectivity index (χ4n) is 2.37. The van der Waals surface area contributed by atoms with Gasteiger partial charge in [0.1, 0.15) is 0 Å². The summed E-state index contributed by atoms with van der Waals surface area (Å²) in [5.41, 5.74) is 1.25. The van der Waals surface area contributed by atoms with Crippen LogP contribution in [0.3, 0.4) is 0 Å². The van der Waals surface area contributed by atoms with E-state index in [4.69, 9.17) is 0 Å². The Morgan fingerprint density at radius 3 is 2.67 bits per heavy atom. The maximum atomic E-state index is 11.7. The Hall–Kier alpha value is -1.55. The number of amides is 1. The van der Waals surface area contributed by atoms with Crippen LogP contribution < -0.4 is 15.5 Å². The van der Waals surface area contributed by atoms with Crippen molar-refractivity contribution in [1.82, 2.24) is 10.6 Å². The van der Waals surface area contributed by atoms with Crippen LogP contribution in [0.25, 0.3) is 0 Å². The van der Waals surface area contributed by atoms with Gasteiger partial charge in [-0.05, 0) is 38.3 Å². The van der Waals surface area contributed by atoms with Crippen molar-refractivity contribution in [2.75, 3.05) is 31.1 Å². The van der Waals surface area contributed by atoms with Crippen molar-refractivity contribution in [3.8, 4) is 0 Å². The van der Waals surface area contributed by atoms with E-state index in [9.17, 15) is 4.79 Å². The number of carbonyl (C=O) groups is 1. The van der Waals surface area contributed by atoms with Gasteiger partial charge in [0.15, 0.2) is 0 Å². The van der Waals surface area contributed by atoms with Gasteiger partial charge in [-0.2, -0.15) is 0 Å². The molecule has 1 aromatic rings. The van der Waals surface area contributed by atoms with E-state index in [1.165, 1.54) is 18.5 Å². The molecule has 0 saturated heterocycles. The Kier molecular flexibility index (Phi) is 6.54. The van der Waals surface area contributed by atoms with Crippen LogP contribution in [-0.4, -0.2) is 38.1 Å². The fourth-order valence-corrected chi connectivity index (χ4v) is 2.37. The molecule has 1 fully saturated rings. The second-order valence-electron chi connectivity index (χ2n) is 5.60. The first-order valence-corrected chi connectivity index (χ1v) is 8.09. The Labute approximate surface area is 127 Å². The summed E-state index contributed by atoms with van der Waals surface area (Å²) in [6.07, 6.45) is 4.11. The molecule has 0 aromatic heterocycles. The monoisotopic (exact) mass is 289 g/mol. The summed E-state index contributed by atoms with van der Waals surface area (Å²) in [7, 11) is 0. The van der Waals surface area contributed by atoms with Crippen molar-refractivity contribution in [2.24, 2.45) is 0 Å². The quantitative estimate of drug-likeness (QED) is 0.649. The van der Waals surface area contributed by atoms with Gasteiger partial charge in [0.05, 0.1) is 0 Å². The lowest BCUT2D eigenvalue weighted by Crippen LogP contribution is -2.31. The molecule has 1 amide bonds. The van der Waals surface area contributed by atoms with E-state index in [-0.39, 0.29) is 5.91 Å². The highest BCUT2D eigenvalue weighted by Crippen LogP contribution is 2.18. The molecule has 1 saturated carbocycles. The van der Waals surface area contributed by atoms with Crippen LogP contribution in [0.1, 0.15) is 32.6 Å². The van der Waals surface area contributed by atoms with Crippen LogP contribution >= 0.6 is 0 Å². The van der Waals surface area contributed by atoms with Crippen molar-refractivity contribution in [3.05, 3.63) is 30.3 Å². The predicted molar refractivity (Wildman–Crippen MR) is 87.6 cm³/mol. The lowest BCUT2D eigenvalue weighted by Gasteiger charge is -2.23. The standard InChI is InChI=1S/C17H27N3O/c1-2-20(16-7-4-3-5-8-16)14-6-12-19-17(21)11-13-18-15-9-10-15/h3-5,7-8,15,18H,2,6,9-14H2,1H3,(H,19,21). The normalized spacial score (nSPS) is 14.0. The summed E-state index contributed by atoms with van der Waals surface area (Å²) in [5, 5.41) is 6.36. The molecular formula is C17H27N3O. The average Bonchev–Trinajstić information content (AvgIpc) is 3.32. The summed E-state index contributed by atoms with van der Waals surface area (Å²) in [6.45, 7) is 5.69. The fraction of sp³-hybridized carbons (Fsp3) is 0.588. The number of para-hydroxylation sites is 1. The first-order chi connectivity index (χ1) is 10.3. The van der Waals surface area contributed by atoms with E-state index in [1.54, 1.807) is 0 Å². The largest absolute Gasteiger partial charge is 0.372 e. The number of anilines is 1. The Balaban J connectivity index is 1.56. The second kappa shape index (κ2) is 8.67. The number of nitrogens with zero attached hydrogens (tertiary/aromatic N) is 1. The first-order valence-electron chi connectivity index (χ1n) is 8.09. The summed E-state index contributed by atoms with van der Waals surface area (Å²) in [5.74, 6) is 0.158. The third-order valence-electron chi connectivity index (χ3n) is 3.79. The molecule has 0 spiro atoms. The van der Waals surface area contributed by atoms with Crippen LogP contribution in [-0.2, 0) is 4.79 Å². The third-order valence-corrected chi connectivity index (χ3v) is 3.79. The van der Waals surface area contributed by atoms with Crippen LogP contribution in [0.15, 0.2) is 30.3 Å². The van der Waals surface area contributed by atoms with Crippen molar-refractivity contribution in [1.29, 1.82) is 0 Å². The van der Waals surface area contributed by atoms with Crippen LogP contribution in [0.4, 0.5) is 5.69 Å². The number of rotatable bonds is 10. The zero-order chi connectivity index (χ0) is 14.9. The second-order valence-corrected chi connectivity index (χ2v) is 5.60. The van der Waals surface area contributed by atoms with E-state index < -0.39 is 0 Å². The Morgan fingerprint density at radius 1 is 1.24 bits per heavy atom. The molecule has 116 valence electrons. The number of carbonyl (C=O) groups excluding carboxylic acids is 1. The number of benzene rings is 1. The summed E-state index contributed by atoms with van der Waals surface area (Å²) in [4.78, 5) is 14.0. The predicted octanol–water partition coefficient (Wildman–Crippen LogP) is 2.16. The number of hydrogen-bond acceptors (Lipinski definition) is 3. The van der Waals surface area contributed by atoms with Crippen molar-refractivity contribution in [3.63, 3.8) is 0 Å². The van der Waals surface area contributed by atoms with Crippen LogP contribution in [0.2, 0.25) is 0 Å². The molecule has 0 heterocycles.